The number of thioether (sulfide) groups is 1. The minimum absolute atomic E-state index is 0.809. The molecule has 0 unspecified atom stereocenters. The maximum Gasteiger partial charge on any atom is 0.117 e. The molecule has 0 radical (unpaired) electrons. The zero-order valence-electron chi connectivity index (χ0n) is 11.9. The van der Waals surface area contributed by atoms with Gasteiger partial charge in [-0.25, -0.2) is 9.97 Å². The fourth-order valence-corrected chi connectivity index (χ4v) is 2.95. The number of H-pyrrole nitrogens is 1. The van der Waals surface area contributed by atoms with Crippen LogP contribution in [0.15, 0.2) is 35.5 Å². The van der Waals surface area contributed by atoms with Gasteiger partial charge in [-0.3, -0.25) is 0 Å². The average molecular weight is 283 g/mol. The van der Waals surface area contributed by atoms with Crippen molar-refractivity contribution in [2.24, 2.45) is 0 Å². The third-order valence-electron chi connectivity index (χ3n) is 3.39. The monoisotopic (exact) mass is 283 g/mol. The molecule has 3 nitrogen and oxygen atoms in total. The molecule has 2 heterocycles. The third-order valence-corrected chi connectivity index (χ3v) is 4.33. The predicted molar refractivity (Wildman–Crippen MR) is 84.1 cm³/mol. The van der Waals surface area contributed by atoms with E-state index in [1.807, 2.05) is 12.3 Å². The van der Waals surface area contributed by atoms with Crippen LogP contribution < -0.4 is 0 Å². The van der Waals surface area contributed by atoms with Crippen LogP contribution in [0.5, 0.6) is 0 Å². The van der Waals surface area contributed by atoms with E-state index in [9.17, 15) is 0 Å². The SMILES string of the molecule is Cc1ccnc(SCc2nc3cc(C)c(C)cc3[nH]2)c1. The molecule has 102 valence electrons. The minimum Gasteiger partial charge on any atom is -0.341 e. The van der Waals surface area contributed by atoms with Crippen molar-refractivity contribution in [3.8, 4) is 0 Å². The van der Waals surface area contributed by atoms with Crippen molar-refractivity contribution >= 4 is 22.8 Å². The first-order chi connectivity index (χ1) is 9.61. The molecule has 2 aromatic heterocycles. The zero-order valence-corrected chi connectivity index (χ0v) is 12.7. The molecule has 0 atom stereocenters. The van der Waals surface area contributed by atoms with Crippen LogP contribution in [-0.2, 0) is 5.75 Å². The maximum absolute atomic E-state index is 4.65. The van der Waals surface area contributed by atoms with Crippen LogP contribution in [0.1, 0.15) is 22.5 Å². The Labute approximate surface area is 122 Å². The number of pyridine rings is 1. The van der Waals surface area contributed by atoms with Crippen LogP contribution in [-0.4, -0.2) is 15.0 Å². The van der Waals surface area contributed by atoms with Crippen LogP contribution in [0.25, 0.3) is 11.0 Å². The van der Waals surface area contributed by atoms with Crippen LogP contribution in [0.4, 0.5) is 0 Å². The van der Waals surface area contributed by atoms with Crippen molar-refractivity contribution < 1.29 is 0 Å². The van der Waals surface area contributed by atoms with E-state index in [-0.39, 0.29) is 0 Å². The number of nitrogens with zero attached hydrogens (tertiary/aromatic N) is 2. The van der Waals surface area contributed by atoms with E-state index in [4.69, 9.17) is 0 Å². The third kappa shape index (κ3) is 2.70. The highest BCUT2D eigenvalue weighted by Gasteiger charge is 2.06. The molecular weight excluding hydrogens is 266 g/mol. The Bertz CT molecular complexity index is 723. The van der Waals surface area contributed by atoms with E-state index in [1.165, 1.54) is 16.7 Å². The summed E-state index contributed by atoms with van der Waals surface area (Å²) < 4.78 is 0. The van der Waals surface area contributed by atoms with Gasteiger partial charge >= 0.3 is 0 Å². The van der Waals surface area contributed by atoms with E-state index in [0.717, 1.165) is 27.6 Å². The van der Waals surface area contributed by atoms with E-state index >= 15 is 0 Å². The summed E-state index contributed by atoms with van der Waals surface area (Å²) in [5.74, 6) is 1.81. The number of aromatic nitrogens is 3. The van der Waals surface area contributed by atoms with E-state index < -0.39 is 0 Å². The van der Waals surface area contributed by atoms with Gasteiger partial charge in [0.2, 0.25) is 0 Å². The Morgan fingerprint density at radius 2 is 1.90 bits per heavy atom. The number of nitrogens with one attached hydrogen (secondary N) is 1. The first-order valence-corrected chi connectivity index (χ1v) is 7.62. The summed E-state index contributed by atoms with van der Waals surface area (Å²) in [6, 6.07) is 8.41. The summed E-state index contributed by atoms with van der Waals surface area (Å²) in [7, 11) is 0. The molecule has 0 amide bonds. The quantitative estimate of drug-likeness (QED) is 0.733. The Kier molecular flexibility index (Phi) is 3.49. The topological polar surface area (TPSA) is 41.6 Å². The van der Waals surface area contributed by atoms with Crippen molar-refractivity contribution in [2.45, 2.75) is 31.6 Å². The molecule has 0 fully saturated rings. The van der Waals surface area contributed by atoms with Gasteiger partial charge in [0.25, 0.3) is 0 Å². The lowest BCUT2D eigenvalue weighted by molar-refractivity contribution is 1.09. The molecule has 0 spiro atoms. The smallest absolute Gasteiger partial charge is 0.117 e. The summed E-state index contributed by atoms with van der Waals surface area (Å²) in [5, 5.41) is 1.04. The second-order valence-corrected chi connectivity index (χ2v) is 6.09. The number of aromatic amines is 1. The highest BCUT2D eigenvalue weighted by atomic mass is 32.2. The van der Waals surface area contributed by atoms with E-state index in [1.54, 1.807) is 11.8 Å². The lowest BCUT2D eigenvalue weighted by Crippen LogP contribution is -1.86. The number of hydrogen-bond acceptors (Lipinski definition) is 3. The Morgan fingerprint density at radius 3 is 2.70 bits per heavy atom. The summed E-state index contributed by atoms with van der Waals surface area (Å²) >= 11 is 1.71. The lowest BCUT2D eigenvalue weighted by atomic mass is 10.1. The van der Waals surface area contributed by atoms with Gasteiger partial charge in [0.1, 0.15) is 5.82 Å². The summed E-state index contributed by atoms with van der Waals surface area (Å²) in [5.41, 5.74) is 5.96. The summed E-state index contributed by atoms with van der Waals surface area (Å²) in [4.78, 5) is 12.4. The van der Waals surface area contributed by atoms with Gasteiger partial charge in [-0.15, -0.1) is 0 Å². The van der Waals surface area contributed by atoms with Crippen molar-refractivity contribution in [2.75, 3.05) is 0 Å². The first kappa shape index (κ1) is 13.2. The Hall–Kier alpha value is -1.81. The van der Waals surface area contributed by atoms with Crippen LogP contribution in [0.3, 0.4) is 0 Å². The van der Waals surface area contributed by atoms with E-state index in [2.05, 4.69) is 53.9 Å². The van der Waals surface area contributed by atoms with Gasteiger partial charge < -0.3 is 4.98 Å². The second-order valence-electron chi connectivity index (χ2n) is 5.10. The van der Waals surface area contributed by atoms with Crippen LogP contribution >= 0.6 is 11.8 Å². The highest BCUT2D eigenvalue weighted by molar-refractivity contribution is 7.98. The average Bonchev–Trinajstić information content (AvgIpc) is 2.79. The van der Waals surface area contributed by atoms with Crippen LogP contribution in [0.2, 0.25) is 0 Å². The molecule has 20 heavy (non-hydrogen) atoms. The van der Waals surface area contributed by atoms with Gasteiger partial charge in [-0.05, 0) is 61.7 Å². The molecule has 3 aromatic rings. The zero-order chi connectivity index (χ0) is 14.1. The first-order valence-electron chi connectivity index (χ1n) is 6.63. The number of rotatable bonds is 3. The van der Waals surface area contributed by atoms with E-state index in [0.29, 0.717) is 0 Å². The molecule has 0 saturated heterocycles. The fraction of sp³-hybridized carbons (Fsp3) is 0.250. The van der Waals surface area contributed by atoms with Crippen LogP contribution in [0, 0.1) is 20.8 Å². The molecular formula is C16H17N3S. The van der Waals surface area contributed by atoms with Crippen molar-refractivity contribution in [3.63, 3.8) is 0 Å². The maximum atomic E-state index is 4.65. The molecule has 0 aliphatic heterocycles. The molecule has 0 bridgehead atoms. The molecule has 3 rings (SSSR count). The number of benzene rings is 1. The summed E-state index contributed by atoms with van der Waals surface area (Å²) in [6.07, 6.45) is 1.85. The van der Waals surface area contributed by atoms with Crippen molar-refractivity contribution in [1.82, 2.24) is 15.0 Å². The molecule has 0 aliphatic carbocycles. The number of hydrogen-bond donors (Lipinski definition) is 1. The number of aryl methyl sites for hydroxylation is 3. The number of fused-ring (bicyclic) bond motifs is 1. The van der Waals surface area contributed by atoms with Crippen molar-refractivity contribution in [1.29, 1.82) is 0 Å². The molecule has 1 N–H and O–H groups in total. The second kappa shape index (κ2) is 5.29. The number of imidazole rings is 1. The fourth-order valence-electron chi connectivity index (χ4n) is 2.12. The van der Waals surface area contributed by atoms with Gasteiger partial charge in [-0.1, -0.05) is 11.8 Å². The lowest BCUT2D eigenvalue weighted by Gasteiger charge is -1.99. The van der Waals surface area contributed by atoms with Gasteiger partial charge in [-0.2, -0.15) is 0 Å². The molecule has 1 aromatic carbocycles. The van der Waals surface area contributed by atoms with Crippen molar-refractivity contribution in [3.05, 3.63) is 53.0 Å². The molecule has 0 saturated carbocycles. The Morgan fingerprint density at radius 1 is 1.10 bits per heavy atom. The standard InChI is InChI=1S/C16H17N3S/c1-10-4-5-17-16(6-10)20-9-15-18-13-7-11(2)12(3)8-14(13)19-15/h4-8H,9H2,1-3H3,(H,18,19). The highest BCUT2D eigenvalue weighted by Crippen LogP contribution is 2.23. The van der Waals surface area contributed by atoms with Gasteiger partial charge in [0.15, 0.2) is 0 Å². The minimum atomic E-state index is 0.809. The summed E-state index contributed by atoms with van der Waals surface area (Å²) in [6.45, 7) is 6.33. The Balaban J connectivity index is 1.81. The molecule has 0 aliphatic rings. The van der Waals surface area contributed by atoms with Gasteiger partial charge in [0, 0.05) is 6.20 Å². The predicted octanol–water partition coefficient (Wildman–Crippen LogP) is 4.18. The largest absolute Gasteiger partial charge is 0.341 e. The molecule has 4 heteroatoms. The normalized spacial score (nSPS) is 11.2. The van der Waals surface area contributed by atoms with Gasteiger partial charge in [0.05, 0.1) is 21.8 Å².